The quantitative estimate of drug-likeness (QED) is 0.607. The Morgan fingerprint density at radius 2 is 1.96 bits per heavy atom. The van der Waals surface area contributed by atoms with Gasteiger partial charge in [-0.05, 0) is 22.6 Å². The molecule has 1 heterocycles. The summed E-state index contributed by atoms with van der Waals surface area (Å²) in [4.78, 5) is 13.9. The molecule has 0 aliphatic rings. The first-order valence-electron chi connectivity index (χ1n) is 7.77. The molecule has 0 saturated carbocycles. The van der Waals surface area contributed by atoms with Crippen molar-refractivity contribution in [2.45, 2.75) is 18.0 Å². The Labute approximate surface area is 155 Å². The summed E-state index contributed by atoms with van der Waals surface area (Å²) in [6.07, 6.45) is 0.446. The Morgan fingerprint density at radius 3 is 2.62 bits per heavy atom. The van der Waals surface area contributed by atoms with Crippen molar-refractivity contribution < 1.29 is 9.53 Å². The number of nitrogens with zero attached hydrogens (tertiary/aromatic N) is 7. The molecule has 0 aliphatic heterocycles. The van der Waals surface area contributed by atoms with Crippen LogP contribution in [0.3, 0.4) is 0 Å². The van der Waals surface area contributed by atoms with E-state index in [1.54, 1.807) is 13.2 Å². The lowest BCUT2D eigenvalue weighted by Gasteiger charge is -2.19. The molecule has 0 spiro atoms. The van der Waals surface area contributed by atoms with Crippen LogP contribution in [0.5, 0.6) is 5.75 Å². The largest absolute Gasteiger partial charge is 0.494 e. The molecule has 0 radical (unpaired) electrons. The number of carbonyl (C=O) groups is 1. The molecule has 134 valence electrons. The molecule has 0 atom stereocenters. The van der Waals surface area contributed by atoms with Crippen LogP contribution in [0.15, 0.2) is 29.4 Å². The topological polar surface area (TPSA) is 121 Å². The molecule has 9 nitrogen and oxygen atoms in total. The van der Waals surface area contributed by atoms with Crippen LogP contribution in [0.1, 0.15) is 12.8 Å². The van der Waals surface area contributed by atoms with Gasteiger partial charge in [0.05, 0.1) is 37.8 Å². The van der Waals surface area contributed by atoms with Crippen molar-refractivity contribution in [1.82, 2.24) is 25.1 Å². The number of benzene rings is 1. The molecule has 1 amide bonds. The first-order valence-corrected chi connectivity index (χ1v) is 8.76. The molecule has 10 heteroatoms. The fourth-order valence-electron chi connectivity index (χ4n) is 2.17. The van der Waals surface area contributed by atoms with Crippen LogP contribution in [0.25, 0.3) is 5.69 Å². The molecule has 2 rings (SSSR count). The first-order chi connectivity index (χ1) is 12.7. The lowest BCUT2D eigenvalue weighted by atomic mass is 10.3. The highest BCUT2D eigenvalue weighted by atomic mass is 32.2. The van der Waals surface area contributed by atoms with Crippen LogP contribution >= 0.6 is 11.8 Å². The monoisotopic (exact) mass is 371 g/mol. The molecule has 0 saturated heterocycles. The van der Waals surface area contributed by atoms with Gasteiger partial charge in [0.15, 0.2) is 0 Å². The Kier molecular flexibility index (Phi) is 7.40. The van der Waals surface area contributed by atoms with Gasteiger partial charge in [-0.1, -0.05) is 23.9 Å². The lowest BCUT2D eigenvalue weighted by molar-refractivity contribution is -0.128. The zero-order valence-electron chi connectivity index (χ0n) is 14.2. The minimum Gasteiger partial charge on any atom is -0.494 e. The van der Waals surface area contributed by atoms with E-state index in [4.69, 9.17) is 15.3 Å². The number of ether oxygens (including phenoxy) is 1. The molecular formula is C16H17N7O2S. The smallest absolute Gasteiger partial charge is 0.233 e. The van der Waals surface area contributed by atoms with Crippen LogP contribution in [0.2, 0.25) is 0 Å². The SMILES string of the molecule is COc1ccccc1-n1nnnc1SCC(=O)N(CCC#N)CCC#N. The molecule has 0 N–H and O–H groups in total. The highest BCUT2D eigenvalue weighted by Gasteiger charge is 2.17. The average molecular weight is 371 g/mol. The van der Waals surface area contributed by atoms with E-state index in [9.17, 15) is 4.79 Å². The van der Waals surface area contributed by atoms with Crippen molar-refractivity contribution in [3.8, 4) is 23.6 Å². The van der Waals surface area contributed by atoms with Crippen LogP contribution in [0.4, 0.5) is 0 Å². The third-order valence-corrected chi connectivity index (χ3v) is 4.32. The first kappa shape index (κ1) is 19.2. The third-order valence-electron chi connectivity index (χ3n) is 3.42. The minimum atomic E-state index is -0.171. The predicted molar refractivity (Wildman–Crippen MR) is 93.5 cm³/mol. The van der Waals surface area contributed by atoms with Gasteiger partial charge in [-0.3, -0.25) is 4.79 Å². The highest BCUT2D eigenvalue weighted by Crippen LogP contribution is 2.25. The van der Waals surface area contributed by atoms with Gasteiger partial charge >= 0.3 is 0 Å². The Bertz CT molecular complexity index is 806. The van der Waals surface area contributed by atoms with Crippen molar-refractivity contribution in [2.24, 2.45) is 0 Å². The number of thioether (sulfide) groups is 1. The van der Waals surface area contributed by atoms with Gasteiger partial charge in [0.25, 0.3) is 0 Å². The Morgan fingerprint density at radius 1 is 1.27 bits per heavy atom. The van der Waals surface area contributed by atoms with Gasteiger partial charge in [0.1, 0.15) is 11.4 Å². The third kappa shape index (κ3) is 4.94. The highest BCUT2D eigenvalue weighted by molar-refractivity contribution is 7.99. The molecule has 1 aromatic heterocycles. The number of nitriles is 2. The number of tetrazole rings is 1. The van der Waals surface area contributed by atoms with Crippen molar-refractivity contribution in [3.63, 3.8) is 0 Å². The fraction of sp³-hybridized carbons (Fsp3) is 0.375. The summed E-state index contributed by atoms with van der Waals surface area (Å²) in [6, 6.07) is 11.3. The van der Waals surface area contributed by atoms with E-state index < -0.39 is 0 Å². The van der Waals surface area contributed by atoms with Crippen LogP contribution < -0.4 is 4.74 Å². The van der Waals surface area contributed by atoms with E-state index in [1.165, 1.54) is 21.3 Å². The molecular weight excluding hydrogens is 354 g/mol. The summed E-state index contributed by atoms with van der Waals surface area (Å²) in [7, 11) is 1.56. The number of hydrogen-bond donors (Lipinski definition) is 0. The molecule has 0 fully saturated rings. The Balaban J connectivity index is 2.08. The van der Waals surface area contributed by atoms with E-state index >= 15 is 0 Å². The van der Waals surface area contributed by atoms with Gasteiger partial charge in [0, 0.05) is 13.1 Å². The lowest BCUT2D eigenvalue weighted by Crippen LogP contribution is -2.34. The van der Waals surface area contributed by atoms with Crippen LogP contribution in [-0.4, -0.2) is 57.0 Å². The average Bonchev–Trinajstić information content (AvgIpc) is 3.14. The summed E-state index contributed by atoms with van der Waals surface area (Å²) in [5, 5.41) is 29.5. The zero-order valence-corrected chi connectivity index (χ0v) is 15.0. The number of carbonyl (C=O) groups excluding carboxylic acids is 1. The number of aromatic nitrogens is 4. The summed E-state index contributed by atoms with van der Waals surface area (Å²) in [6.45, 7) is 0.601. The van der Waals surface area contributed by atoms with Gasteiger partial charge in [-0.25, -0.2) is 0 Å². The van der Waals surface area contributed by atoms with Crippen molar-refractivity contribution >= 4 is 17.7 Å². The standard InChI is InChI=1S/C16H17N7O2S/c1-25-14-7-3-2-6-13(14)23-16(19-20-21-23)26-12-15(24)22(10-4-8-17)11-5-9-18/h2-3,6-7H,4-5,10-12H2,1H3. The van der Waals surface area contributed by atoms with E-state index in [2.05, 4.69) is 15.5 Å². The maximum atomic E-state index is 12.4. The second-order valence-electron chi connectivity index (χ2n) is 5.03. The molecule has 0 aliphatic carbocycles. The summed E-state index contributed by atoms with van der Waals surface area (Å²) >= 11 is 1.19. The van der Waals surface area contributed by atoms with E-state index in [0.29, 0.717) is 29.7 Å². The molecule has 2 aromatic rings. The molecule has 1 aromatic carbocycles. The summed E-state index contributed by atoms with van der Waals surface area (Å²) in [5.41, 5.74) is 0.667. The maximum absolute atomic E-state index is 12.4. The second-order valence-corrected chi connectivity index (χ2v) is 5.97. The number of para-hydroxylation sites is 2. The fourth-order valence-corrected chi connectivity index (χ4v) is 2.96. The van der Waals surface area contributed by atoms with Crippen molar-refractivity contribution in [3.05, 3.63) is 24.3 Å². The van der Waals surface area contributed by atoms with Crippen molar-refractivity contribution in [2.75, 3.05) is 26.0 Å². The molecule has 26 heavy (non-hydrogen) atoms. The number of rotatable bonds is 9. The summed E-state index contributed by atoms with van der Waals surface area (Å²) in [5.74, 6) is 0.541. The number of hydrogen-bond acceptors (Lipinski definition) is 8. The predicted octanol–water partition coefficient (Wildman–Crippen LogP) is 1.42. The van der Waals surface area contributed by atoms with Gasteiger partial charge in [0.2, 0.25) is 11.1 Å². The molecule has 0 unspecified atom stereocenters. The second kappa shape index (κ2) is 10.0. The minimum absolute atomic E-state index is 0.104. The van der Waals surface area contributed by atoms with E-state index in [1.807, 2.05) is 30.3 Å². The van der Waals surface area contributed by atoms with Crippen LogP contribution in [0, 0.1) is 22.7 Å². The van der Waals surface area contributed by atoms with Crippen molar-refractivity contribution in [1.29, 1.82) is 10.5 Å². The number of amides is 1. The van der Waals surface area contributed by atoms with Gasteiger partial charge < -0.3 is 9.64 Å². The number of methoxy groups -OCH3 is 1. The van der Waals surface area contributed by atoms with Gasteiger partial charge in [-0.2, -0.15) is 15.2 Å². The Hall–Kier alpha value is -3.11. The molecule has 0 bridgehead atoms. The van der Waals surface area contributed by atoms with Gasteiger partial charge in [-0.15, -0.1) is 5.10 Å². The van der Waals surface area contributed by atoms with E-state index in [-0.39, 0.29) is 24.5 Å². The zero-order chi connectivity index (χ0) is 18.8. The van der Waals surface area contributed by atoms with Crippen LogP contribution in [-0.2, 0) is 4.79 Å². The normalized spacial score (nSPS) is 9.96. The maximum Gasteiger partial charge on any atom is 0.233 e. The van der Waals surface area contributed by atoms with E-state index in [0.717, 1.165) is 0 Å². The summed E-state index contributed by atoms with van der Waals surface area (Å²) < 4.78 is 6.82.